The number of amides is 1. The first-order valence-corrected chi connectivity index (χ1v) is 10.8. The molecule has 5 rings (SSSR count). The van der Waals surface area contributed by atoms with Gasteiger partial charge in [-0.15, -0.1) is 0 Å². The van der Waals surface area contributed by atoms with E-state index in [1.165, 1.54) is 6.42 Å². The molecule has 8 heteroatoms. The molecular formula is C21H26ClN5O2. The molecule has 29 heavy (non-hydrogen) atoms. The van der Waals surface area contributed by atoms with E-state index in [2.05, 4.69) is 14.8 Å². The summed E-state index contributed by atoms with van der Waals surface area (Å²) in [5, 5.41) is 0.673. The SMILES string of the molecule is O=C(CN1CCC2CCN(c3cnc4cc(Cl)ccc4n3)CC21)N1CCOCC1. The van der Waals surface area contributed by atoms with E-state index in [-0.39, 0.29) is 5.91 Å². The van der Waals surface area contributed by atoms with Crippen molar-refractivity contribution in [2.24, 2.45) is 5.92 Å². The second-order valence-electron chi connectivity index (χ2n) is 8.18. The number of hydrogen-bond donors (Lipinski definition) is 0. The molecule has 2 atom stereocenters. The van der Waals surface area contributed by atoms with Crippen molar-refractivity contribution in [1.82, 2.24) is 19.8 Å². The van der Waals surface area contributed by atoms with E-state index in [0.717, 1.165) is 42.9 Å². The van der Waals surface area contributed by atoms with Crippen molar-refractivity contribution in [3.8, 4) is 0 Å². The van der Waals surface area contributed by atoms with Gasteiger partial charge in [-0.25, -0.2) is 4.98 Å². The van der Waals surface area contributed by atoms with Gasteiger partial charge in [0.05, 0.1) is 37.0 Å². The van der Waals surface area contributed by atoms with Gasteiger partial charge in [-0.3, -0.25) is 14.7 Å². The summed E-state index contributed by atoms with van der Waals surface area (Å²) in [6.07, 6.45) is 4.15. The smallest absolute Gasteiger partial charge is 0.236 e. The number of fused-ring (bicyclic) bond motifs is 2. The highest BCUT2D eigenvalue weighted by molar-refractivity contribution is 6.31. The van der Waals surface area contributed by atoms with E-state index in [9.17, 15) is 4.79 Å². The Morgan fingerprint density at radius 3 is 2.83 bits per heavy atom. The van der Waals surface area contributed by atoms with Crippen LogP contribution in [0.1, 0.15) is 12.8 Å². The number of morpholine rings is 1. The minimum Gasteiger partial charge on any atom is -0.378 e. The summed E-state index contributed by atoms with van der Waals surface area (Å²) < 4.78 is 5.37. The Balaban J connectivity index is 1.28. The van der Waals surface area contributed by atoms with Gasteiger partial charge >= 0.3 is 0 Å². The molecule has 0 aliphatic carbocycles. The minimum absolute atomic E-state index is 0.230. The molecule has 1 aromatic carbocycles. The highest BCUT2D eigenvalue weighted by Crippen LogP contribution is 2.33. The average molecular weight is 416 g/mol. The zero-order valence-corrected chi connectivity index (χ0v) is 17.2. The number of carbonyl (C=O) groups excluding carboxylic acids is 1. The molecule has 1 aromatic heterocycles. The molecule has 0 radical (unpaired) electrons. The number of carbonyl (C=O) groups is 1. The number of halogens is 1. The fraction of sp³-hybridized carbons (Fsp3) is 0.571. The zero-order valence-electron chi connectivity index (χ0n) is 16.5. The maximum Gasteiger partial charge on any atom is 0.236 e. The summed E-state index contributed by atoms with van der Waals surface area (Å²) >= 11 is 6.06. The van der Waals surface area contributed by atoms with Gasteiger partial charge in [0.25, 0.3) is 0 Å². The summed E-state index contributed by atoms with van der Waals surface area (Å²) in [6, 6.07) is 6.01. The molecule has 3 fully saturated rings. The zero-order chi connectivity index (χ0) is 19.8. The first-order valence-electron chi connectivity index (χ1n) is 10.4. The number of benzene rings is 1. The molecule has 2 unspecified atom stereocenters. The molecule has 3 saturated heterocycles. The van der Waals surface area contributed by atoms with Crippen LogP contribution in [0.15, 0.2) is 24.4 Å². The van der Waals surface area contributed by atoms with E-state index >= 15 is 0 Å². The normalized spacial score (nSPS) is 25.4. The van der Waals surface area contributed by atoms with Gasteiger partial charge in [0.1, 0.15) is 5.82 Å². The summed E-state index contributed by atoms with van der Waals surface area (Å²) in [5.74, 6) is 1.80. The second-order valence-corrected chi connectivity index (χ2v) is 8.61. The van der Waals surface area contributed by atoms with Crippen molar-refractivity contribution in [2.75, 3.05) is 57.4 Å². The monoisotopic (exact) mass is 415 g/mol. The van der Waals surface area contributed by atoms with Crippen LogP contribution in [0.3, 0.4) is 0 Å². The largest absolute Gasteiger partial charge is 0.378 e. The lowest BCUT2D eigenvalue weighted by molar-refractivity contribution is -0.136. The van der Waals surface area contributed by atoms with E-state index < -0.39 is 0 Å². The predicted molar refractivity (Wildman–Crippen MR) is 112 cm³/mol. The van der Waals surface area contributed by atoms with E-state index in [4.69, 9.17) is 21.3 Å². The maximum atomic E-state index is 12.7. The molecule has 0 spiro atoms. The molecule has 154 valence electrons. The molecule has 0 saturated carbocycles. The maximum absolute atomic E-state index is 12.7. The van der Waals surface area contributed by atoms with Gasteiger partial charge in [-0.1, -0.05) is 11.6 Å². The fourth-order valence-electron chi connectivity index (χ4n) is 4.85. The van der Waals surface area contributed by atoms with E-state index in [1.54, 1.807) is 0 Å². The standard InChI is InChI=1S/C21H26ClN5O2/c22-16-1-2-17-18(11-16)23-12-20(24-17)27-6-4-15-3-5-26(19(15)13-27)14-21(28)25-7-9-29-10-8-25/h1-2,11-12,15,19H,3-10,13-14H2. The van der Waals surface area contributed by atoms with Gasteiger partial charge < -0.3 is 14.5 Å². The number of piperidine rings is 1. The third-order valence-electron chi connectivity index (χ3n) is 6.50. The van der Waals surface area contributed by atoms with E-state index in [1.807, 2.05) is 29.3 Å². The van der Waals surface area contributed by atoms with Crippen molar-refractivity contribution in [3.63, 3.8) is 0 Å². The molecular weight excluding hydrogens is 390 g/mol. The Bertz CT molecular complexity index is 904. The van der Waals surface area contributed by atoms with Crippen molar-refractivity contribution < 1.29 is 9.53 Å². The van der Waals surface area contributed by atoms with Crippen LogP contribution < -0.4 is 4.90 Å². The lowest BCUT2D eigenvalue weighted by Gasteiger charge is -2.39. The molecule has 3 aliphatic rings. The quantitative estimate of drug-likeness (QED) is 0.764. The number of hydrogen-bond acceptors (Lipinski definition) is 6. The number of ether oxygens (including phenoxy) is 1. The Morgan fingerprint density at radius 2 is 1.97 bits per heavy atom. The van der Waals surface area contributed by atoms with Crippen molar-refractivity contribution in [2.45, 2.75) is 18.9 Å². The molecule has 0 N–H and O–H groups in total. The van der Waals surface area contributed by atoms with Crippen molar-refractivity contribution in [3.05, 3.63) is 29.4 Å². The van der Waals surface area contributed by atoms with Crippen LogP contribution in [0, 0.1) is 5.92 Å². The van der Waals surface area contributed by atoms with Gasteiger partial charge in [0, 0.05) is 37.2 Å². The summed E-state index contributed by atoms with van der Waals surface area (Å²) in [6.45, 7) is 6.12. The number of aromatic nitrogens is 2. The number of anilines is 1. The average Bonchev–Trinajstić information content (AvgIpc) is 3.16. The highest BCUT2D eigenvalue weighted by Gasteiger charge is 2.39. The van der Waals surface area contributed by atoms with E-state index in [0.29, 0.717) is 49.8 Å². The van der Waals surface area contributed by atoms with Crippen molar-refractivity contribution >= 4 is 34.4 Å². The van der Waals surface area contributed by atoms with Crippen LogP contribution in [0.4, 0.5) is 5.82 Å². The first kappa shape index (κ1) is 19.0. The molecule has 1 amide bonds. The molecule has 0 bridgehead atoms. The number of likely N-dealkylation sites (tertiary alicyclic amines) is 1. The van der Waals surface area contributed by atoms with Crippen LogP contribution in [0.5, 0.6) is 0 Å². The van der Waals surface area contributed by atoms with Gasteiger partial charge in [-0.2, -0.15) is 0 Å². The predicted octanol–water partition coefficient (Wildman–Crippen LogP) is 2.04. The third-order valence-corrected chi connectivity index (χ3v) is 6.73. The topological polar surface area (TPSA) is 61.8 Å². The number of nitrogens with zero attached hydrogens (tertiary/aromatic N) is 5. The highest BCUT2D eigenvalue weighted by atomic mass is 35.5. The van der Waals surface area contributed by atoms with Gasteiger partial charge in [0.2, 0.25) is 5.91 Å². The molecule has 4 heterocycles. The van der Waals surface area contributed by atoms with Crippen LogP contribution in [0.25, 0.3) is 11.0 Å². The van der Waals surface area contributed by atoms with Crippen LogP contribution in [0.2, 0.25) is 5.02 Å². The summed E-state index contributed by atoms with van der Waals surface area (Å²) in [7, 11) is 0. The minimum atomic E-state index is 0.230. The molecule has 2 aromatic rings. The Kier molecular flexibility index (Phi) is 5.28. The second kappa shape index (κ2) is 8.05. The third kappa shape index (κ3) is 3.91. The lowest BCUT2D eigenvalue weighted by atomic mass is 9.92. The van der Waals surface area contributed by atoms with Crippen molar-refractivity contribution in [1.29, 1.82) is 0 Å². The summed E-state index contributed by atoms with van der Waals surface area (Å²) in [5.41, 5.74) is 1.68. The lowest BCUT2D eigenvalue weighted by Crippen LogP contribution is -2.52. The fourth-order valence-corrected chi connectivity index (χ4v) is 5.01. The first-order chi connectivity index (χ1) is 14.2. The number of rotatable bonds is 3. The van der Waals surface area contributed by atoms with Crippen LogP contribution >= 0.6 is 11.6 Å². The van der Waals surface area contributed by atoms with Crippen LogP contribution in [-0.4, -0.2) is 84.2 Å². The Morgan fingerprint density at radius 1 is 1.14 bits per heavy atom. The van der Waals surface area contributed by atoms with Gasteiger partial charge in [0.15, 0.2) is 0 Å². The molecule has 7 nitrogen and oxygen atoms in total. The van der Waals surface area contributed by atoms with Gasteiger partial charge in [-0.05, 0) is 43.5 Å². The Hall–Kier alpha value is -1.96. The van der Waals surface area contributed by atoms with Crippen LogP contribution in [-0.2, 0) is 9.53 Å². The molecule has 3 aliphatic heterocycles. The Labute approximate surface area is 175 Å². The summed E-state index contributed by atoms with van der Waals surface area (Å²) in [4.78, 5) is 28.7.